The molecule has 0 saturated carbocycles. The van der Waals surface area contributed by atoms with Crippen molar-refractivity contribution in [2.75, 3.05) is 14.2 Å². The summed E-state index contributed by atoms with van der Waals surface area (Å²) >= 11 is 0. The largest absolute Gasteiger partial charge is 0.468 e. The van der Waals surface area contributed by atoms with Crippen molar-refractivity contribution in [1.82, 2.24) is 0 Å². The van der Waals surface area contributed by atoms with E-state index in [1.54, 1.807) is 0 Å². The highest BCUT2D eigenvalue weighted by Crippen LogP contribution is 2.43. The van der Waals surface area contributed by atoms with Gasteiger partial charge in [-0.15, -0.1) is 0 Å². The van der Waals surface area contributed by atoms with Gasteiger partial charge >= 0.3 is 11.9 Å². The molecular weight excluding hydrogens is 480 g/mol. The highest BCUT2D eigenvalue weighted by atomic mass is 28.3. The SMILES string of the molecule is COC(=O)C(C(=O)OC)[C@@H](C[C@@H](c1ccccc1)[Si](C)(C)c1ccccc1)[Si](C)(C)c1ccccc1. The predicted molar refractivity (Wildman–Crippen MR) is 152 cm³/mol. The first-order valence-electron chi connectivity index (χ1n) is 12.5. The third-order valence-electron chi connectivity index (χ3n) is 7.84. The summed E-state index contributed by atoms with van der Waals surface area (Å²) in [4.78, 5) is 26.4. The summed E-state index contributed by atoms with van der Waals surface area (Å²) in [6.07, 6.45) is 0.696. The molecule has 2 atom stereocenters. The van der Waals surface area contributed by atoms with E-state index in [1.165, 1.54) is 30.2 Å². The van der Waals surface area contributed by atoms with Gasteiger partial charge in [0.25, 0.3) is 0 Å². The highest BCUT2D eigenvalue weighted by molar-refractivity contribution is 6.92. The minimum absolute atomic E-state index is 0.179. The zero-order valence-corrected chi connectivity index (χ0v) is 24.2. The van der Waals surface area contributed by atoms with E-state index in [4.69, 9.17) is 9.47 Å². The summed E-state index contributed by atoms with van der Waals surface area (Å²) in [5.41, 5.74) is 1.20. The zero-order valence-electron chi connectivity index (χ0n) is 22.2. The highest BCUT2D eigenvalue weighted by Gasteiger charge is 2.49. The van der Waals surface area contributed by atoms with Crippen LogP contribution < -0.4 is 10.4 Å². The topological polar surface area (TPSA) is 52.6 Å². The van der Waals surface area contributed by atoms with E-state index < -0.39 is 34.0 Å². The van der Waals surface area contributed by atoms with Gasteiger partial charge in [0.2, 0.25) is 0 Å². The van der Waals surface area contributed by atoms with Gasteiger partial charge < -0.3 is 9.47 Å². The molecule has 0 fully saturated rings. The second-order valence-electron chi connectivity index (χ2n) is 10.5. The fourth-order valence-electron chi connectivity index (χ4n) is 5.46. The van der Waals surface area contributed by atoms with Crippen molar-refractivity contribution in [1.29, 1.82) is 0 Å². The summed E-state index contributed by atoms with van der Waals surface area (Å²) in [6, 6.07) is 31.5. The van der Waals surface area contributed by atoms with Crippen LogP contribution >= 0.6 is 0 Å². The maximum absolute atomic E-state index is 13.2. The Morgan fingerprint density at radius 3 is 1.44 bits per heavy atom. The van der Waals surface area contributed by atoms with Crippen LogP contribution in [0.5, 0.6) is 0 Å². The van der Waals surface area contributed by atoms with Gasteiger partial charge in [0.05, 0.1) is 30.4 Å². The second kappa shape index (κ2) is 11.8. The van der Waals surface area contributed by atoms with Crippen molar-refractivity contribution in [3.63, 3.8) is 0 Å². The van der Waals surface area contributed by atoms with Crippen LogP contribution in [-0.4, -0.2) is 42.3 Å². The fraction of sp³-hybridized carbons (Fsp3) is 0.333. The maximum Gasteiger partial charge on any atom is 0.320 e. The van der Waals surface area contributed by atoms with Gasteiger partial charge in [-0.25, -0.2) is 0 Å². The minimum atomic E-state index is -2.38. The molecule has 0 aliphatic carbocycles. The molecule has 0 unspecified atom stereocenters. The predicted octanol–water partition coefficient (Wildman–Crippen LogP) is 5.26. The standard InChI is InChI=1S/C30H38O4Si2/c1-33-29(31)28(30(32)34-2)27(36(5,6)25-20-14-9-15-21-25)22-26(23-16-10-7-11-17-23)35(3,4)24-18-12-8-13-19-24/h7-21,26-28H,22H2,1-6H3/t26-,27+/m0/s1. The Morgan fingerprint density at radius 2 is 1.03 bits per heavy atom. The Kier molecular flexibility index (Phi) is 9.09. The van der Waals surface area contributed by atoms with Gasteiger partial charge in [-0.1, -0.05) is 128 Å². The molecule has 0 bridgehead atoms. The van der Waals surface area contributed by atoms with E-state index in [1.807, 2.05) is 30.3 Å². The molecular formula is C30H38O4Si2. The smallest absolute Gasteiger partial charge is 0.320 e. The van der Waals surface area contributed by atoms with Crippen molar-refractivity contribution < 1.29 is 19.1 Å². The van der Waals surface area contributed by atoms with Crippen LogP contribution in [0.2, 0.25) is 31.7 Å². The van der Waals surface area contributed by atoms with E-state index >= 15 is 0 Å². The number of hydrogen-bond donors (Lipinski definition) is 0. The molecule has 190 valence electrons. The Balaban J connectivity index is 2.21. The lowest BCUT2D eigenvalue weighted by atomic mass is 9.98. The molecule has 3 aromatic carbocycles. The summed E-state index contributed by atoms with van der Waals surface area (Å²) in [5.74, 6) is -2.02. The number of methoxy groups -OCH3 is 2. The van der Waals surface area contributed by atoms with Crippen LogP contribution in [0.4, 0.5) is 0 Å². The quantitative estimate of drug-likeness (QED) is 0.209. The van der Waals surface area contributed by atoms with Crippen molar-refractivity contribution in [2.45, 2.75) is 43.7 Å². The van der Waals surface area contributed by atoms with Crippen LogP contribution in [0.25, 0.3) is 0 Å². The maximum atomic E-state index is 13.2. The molecule has 3 aromatic rings. The Labute approximate surface area is 217 Å². The number of benzene rings is 3. The molecule has 0 aromatic heterocycles. The van der Waals surface area contributed by atoms with Gasteiger partial charge in [-0.05, 0) is 23.1 Å². The molecule has 0 aliphatic rings. The van der Waals surface area contributed by atoms with Gasteiger partial charge in [0.1, 0.15) is 0 Å². The van der Waals surface area contributed by atoms with Crippen molar-refractivity contribution in [3.05, 3.63) is 96.6 Å². The van der Waals surface area contributed by atoms with Gasteiger partial charge in [0.15, 0.2) is 5.92 Å². The molecule has 0 saturated heterocycles. The van der Waals surface area contributed by atoms with Crippen LogP contribution in [0.3, 0.4) is 0 Å². The number of carbonyl (C=O) groups is 2. The van der Waals surface area contributed by atoms with E-state index in [-0.39, 0.29) is 11.1 Å². The lowest BCUT2D eigenvalue weighted by Gasteiger charge is -2.42. The zero-order chi connectivity index (χ0) is 26.3. The second-order valence-corrected chi connectivity index (χ2v) is 20.0. The minimum Gasteiger partial charge on any atom is -0.468 e. The first-order chi connectivity index (χ1) is 17.1. The molecule has 4 nitrogen and oxygen atoms in total. The number of carbonyl (C=O) groups excluding carboxylic acids is 2. The van der Waals surface area contributed by atoms with E-state index in [0.717, 1.165) is 0 Å². The summed E-state index contributed by atoms with van der Waals surface area (Å²) < 4.78 is 10.4. The first-order valence-corrected chi connectivity index (χ1v) is 18.6. The Hall–Kier alpha value is -2.97. The molecule has 0 aliphatic heterocycles. The van der Waals surface area contributed by atoms with E-state index in [9.17, 15) is 9.59 Å². The van der Waals surface area contributed by atoms with Gasteiger partial charge in [0, 0.05) is 0 Å². The summed E-state index contributed by atoms with van der Waals surface area (Å²) in [6.45, 7) is 9.29. The summed E-state index contributed by atoms with van der Waals surface area (Å²) in [7, 11) is -1.79. The van der Waals surface area contributed by atoms with Crippen LogP contribution in [0, 0.1) is 5.92 Å². The number of rotatable bonds is 10. The summed E-state index contributed by atoms with van der Waals surface area (Å²) in [5, 5.41) is 2.56. The molecule has 0 heterocycles. The van der Waals surface area contributed by atoms with E-state index in [0.29, 0.717) is 6.42 Å². The fourth-order valence-corrected chi connectivity index (χ4v) is 12.4. The van der Waals surface area contributed by atoms with Gasteiger partial charge in [-0.3, -0.25) is 9.59 Å². The molecule has 3 rings (SSSR count). The van der Waals surface area contributed by atoms with Crippen LogP contribution in [-0.2, 0) is 19.1 Å². The molecule has 0 radical (unpaired) electrons. The number of hydrogen-bond acceptors (Lipinski definition) is 4. The third-order valence-corrected chi connectivity index (χ3v) is 16.2. The lowest BCUT2D eigenvalue weighted by Crippen LogP contribution is -2.55. The van der Waals surface area contributed by atoms with Crippen LogP contribution in [0.1, 0.15) is 17.5 Å². The average molecular weight is 519 g/mol. The number of esters is 2. The molecule has 6 heteroatoms. The van der Waals surface area contributed by atoms with Gasteiger partial charge in [-0.2, -0.15) is 0 Å². The molecule has 0 amide bonds. The van der Waals surface area contributed by atoms with Crippen molar-refractivity contribution >= 4 is 38.5 Å². The Morgan fingerprint density at radius 1 is 0.639 bits per heavy atom. The van der Waals surface area contributed by atoms with E-state index in [2.05, 4.69) is 86.9 Å². The number of ether oxygens (including phenoxy) is 2. The van der Waals surface area contributed by atoms with Crippen LogP contribution in [0.15, 0.2) is 91.0 Å². The van der Waals surface area contributed by atoms with Crippen molar-refractivity contribution in [3.8, 4) is 0 Å². The monoisotopic (exact) mass is 518 g/mol. The Bertz CT molecular complexity index is 1120. The lowest BCUT2D eigenvalue weighted by molar-refractivity contribution is -0.159. The normalized spacial score (nSPS) is 13.6. The molecule has 0 N–H and O–H groups in total. The third kappa shape index (κ3) is 5.87. The first kappa shape index (κ1) is 27.6. The molecule has 0 spiro atoms. The molecule has 36 heavy (non-hydrogen) atoms. The van der Waals surface area contributed by atoms with Crippen molar-refractivity contribution in [2.24, 2.45) is 5.92 Å². The average Bonchev–Trinajstić information content (AvgIpc) is 2.91.